The van der Waals surface area contributed by atoms with E-state index in [4.69, 9.17) is 9.47 Å². The molecule has 0 spiro atoms. The topological polar surface area (TPSA) is 47.9 Å². The highest BCUT2D eigenvalue weighted by Gasteiger charge is 2.26. The zero-order valence-electron chi connectivity index (χ0n) is 14.6. The molecular weight excluding hydrogens is 333 g/mol. The number of hydrogen-bond donors (Lipinski definition) is 0. The molecule has 0 N–H and O–H groups in total. The highest BCUT2D eigenvalue weighted by atomic mass is 19.1. The molecule has 0 saturated heterocycles. The van der Waals surface area contributed by atoms with Crippen molar-refractivity contribution < 1.29 is 18.7 Å². The van der Waals surface area contributed by atoms with Crippen molar-refractivity contribution in [2.75, 3.05) is 6.61 Å². The van der Waals surface area contributed by atoms with Gasteiger partial charge in [0, 0.05) is 5.56 Å². The number of ether oxygens (including phenoxy) is 2. The van der Waals surface area contributed by atoms with Crippen molar-refractivity contribution in [2.24, 2.45) is 4.99 Å². The first-order chi connectivity index (χ1) is 12.7. The third-order valence-electron chi connectivity index (χ3n) is 3.94. The molecule has 134 valence electrons. The smallest absolute Gasteiger partial charge is 0.363 e. The maximum Gasteiger partial charge on any atom is 0.363 e. The van der Waals surface area contributed by atoms with Crippen LogP contribution in [0.1, 0.15) is 37.3 Å². The summed E-state index contributed by atoms with van der Waals surface area (Å²) in [7, 11) is 0. The first kappa shape index (κ1) is 17.9. The van der Waals surface area contributed by atoms with Gasteiger partial charge in [0.1, 0.15) is 11.6 Å². The minimum Gasteiger partial charge on any atom is -0.493 e. The summed E-state index contributed by atoms with van der Waals surface area (Å²) in [5, 5.41) is 0. The Kier molecular flexibility index (Phi) is 5.79. The number of aliphatic imine (C=N–C) groups is 1. The van der Waals surface area contributed by atoms with E-state index in [0.29, 0.717) is 12.4 Å². The average Bonchev–Trinajstić information content (AvgIpc) is 3.01. The van der Waals surface area contributed by atoms with Gasteiger partial charge in [-0.1, -0.05) is 50.1 Å². The lowest BCUT2D eigenvalue weighted by Crippen LogP contribution is -2.07. The Bertz CT molecular complexity index is 858. The van der Waals surface area contributed by atoms with E-state index in [-0.39, 0.29) is 17.2 Å². The summed E-state index contributed by atoms with van der Waals surface area (Å²) in [4.78, 5) is 16.3. The number of para-hydroxylation sites is 1. The van der Waals surface area contributed by atoms with Crippen LogP contribution in [-0.4, -0.2) is 18.5 Å². The number of hydrogen-bond acceptors (Lipinski definition) is 4. The Morgan fingerprint density at radius 2 is 1.88 bits per heavy atom. The van der Waals surface area contributed by atoms with Crippen molar-refractivity contribution in [1.82, 2.24) is 0 Å². The van der Waals surface area contributed by atoms with Crippen molar-refractivity contribution in [3.63, 3.8) is 0 Å². The molecule has 0 amide bonds. The lowest BCUT2D eigenvalue weighted by molar-refractivity contribution is -0.129. The summed E-state index contributed by atoms with van der Waals surface area (Å²) in [6.07, 6.45) is 4.80. The summed E-state index contributed by atoms with van der Waals surface area (Å²) < 4.78 is 24.8. The molecule has 1 heterocycles. The second-order valence-corrected chi connectivity index (χ2v) is 5.91. The number of carbonyl (C=O) groups is 1. The number of esters is 1. The zero-order chi connectivity index (χ0) is 18.4. The molecule has 3 rings (SSSR count). The maximum absolute atomic E-state index is 13.9. The van der Waals surface area contributed by atoms with Crippen molar-refractivity contribution in [3.8, 4) is 5.75 Å². The van der Waals surface area contributed by atoms with E-state index < -0.39 is 11.8 Å². The largest absolute Gasteiger partial charge is 0.493 e. The quantitative estimate of drug-likeness (QED) is 0.410. The molecule has 0 saturated carbocycles. The number of halogens is 1. The molecular formula is C21H20FNO3. The molecule has 2 aromatic carbocycles. The predicted octanol–water partition coefficient (Wildman–Crippen LogP) is 4.74. The van der Waals surface area contributed by atoms with E-state index in [1.54, 1.807) is 18.2 Å². The van der Waals surface area contributed by atoms with E-state index in [2.05, 4.69) is 11.9 Å². The number of carbonyl (C=O) groups excluding carboxylic acids is 1. The Labute approximate surface area is 152 Å². The maximum atomic E-state index is 13.9. The van der Waals surface area contributed by atoms with Crippen LogP contribution >= 0.6 is 0 Å². The molecule has 0 bridgehead atoms. The molecule has 1 aliphatic heterocycles. The standard InChI is InChI=1S/C21H20FNO3/c1-2-3-8-13-25-19-12-7-4-9-15(19)14-18-21(24)26-20(23-18)16-10-5-6-11-17(16)22/h4-7,9-12,14H,2-3,8,13H2,1H3/b18-14-. The Morgan fingerprint density at radius 3 is 2.69 bits per heavy atom. The van der Waals surface area contributed by atoms with Gasteiger partial charge in [0.15, 0.2) is 5.70 Å². The Balaban J connectivity index is 1.84. The normalized spacial score (nSPS) is 15.1. The Hall–Kier alpha value is -2.95. The van der Waals surface area contributed by atoms with Gasteiger partial charge in [-0.3, -0.25) is 0 Å². The fourth-order valence-corrected chi connectivity index (χ4v) is 2.57. The van der Waals surface area contributed by atoms with Gasteiger partial charge in [-0.15, -0.1) is 0 Å². The van der Waals surface area contributed by atoms with Crippen LogP contribution in [0.4, 0.5) is 4.39 Å². The van der Waals surface area contributed by atoms with Crippen LogP contribution in [0.2, 0.25) is 0 Å². The molecule has 1 aliphatic rings. The molecule has 4 nitrogen and oxygen atoms in total. The van der Waals surface area contributed by atoms with Gasteiger partial charge in [-0.25, -0.2) is 14.2 Å². The SMILES string of the molecule is CCCCCOc1ccccc1/C=C1\N=C(c2ccccc2F)OC1=O. The van der Waals surface area contributed by atoms with E-state index in [0.717, 1.165) is 24.8 Å². The lowest BCUT2D eigenvalue weighted by Gasteiger charge is -2.08. The molecule has 5 heteroatoms. The minimum atomic E-state index is -0.607. The van der Waals surface area contributed by atoms with Crippen LogP contribution < -0.4 is 4.74 Å². The van der Waals surface area contributed by atoms with Gasteiger partial charge < -0.3 is 9.47 Å². The third-order valence-corrected chi connectivity index (χ3v) is 3.94. The molecule has 0 radical (unpaired) electrons. The highest BCUT2D eigenvalue weighted by Crippen LogP contribution is 2.25. The molecule has 0 fully saturated rings. The van der Waals surface area contributed by atoms with E-state index in [1.807, 2.05) is 24.3 Å². The van der Waals surface area contributed by atoms with Crippen LogP contribution in [0.25, 0.3) is 6.08 Å². The number of nitrogens with zero attached hydrogens (tertiary/aromatic N) is 1. The molecule has 26 heavy (non-hydrogen) atoms. The summed E-state index contributed by atoms with van der Waals surface area (Å²) >= 11 is 0. The van der Waals surface area contributed by atoms with Crippen molar-refractivity contribution in [1.29, 1.82) is 0 Å². The average molecular weight is 353 g/mol. The van der Waals surface area contributed by atoms with Gasteiger partial charge in [0.05, 0.1) is 12.2 Å². The van der Waals surface area contributed by atoms with Crippen LogP contribution in [-0.2, 0) is 9.53 Å². The molecule has 0 atom stereocenters. The molecule has 2 aromatic rings. The van der Waals surface area contributed by atoms with Gasteiger partial charge in [-0.05, 0) is 30.7 Å². The number of cyclic esters (lactones) is 1. The van der Waals surface area contributed by atoms with Crippen molar-refractivity contribution >= 4 is 17.9 Å². The summed E-state index contributed by atoms with van der Waals surface area (Å²) in [5.41, 5.74) is 1.01. The third kappa shape index (κ3) is 4.17. The first-order valence-corrected chi connectivity index (χ1v) is 8.68. The van der Waals surface area contributed by atoms with Gasteiger partial charge in [-0.2, -0.15) is 0 Å². The second kappa shape index (κ2) is 8.43. The van der Waals surface area contributed by atoms with Gasteiger partial charge in [0.25, 0.3) is 0 Å². The molecule has 0 aromatic heterocycles. The van der Waals surface area contributed by atoms with Crippen molar-refractivity contribution in [2.45, 2.75) is 26.2 Å². The summed E-state index contributed by atoms with van der Waals surface area (Å²) in [6, 6.07) is 13.5. The first-order valence-electron chi connectivity index (χ1n) is 8.68. The number of benzene rings is 2. The van der Waals surface area contributed by atoms with Crippen LogP contribution in [0.3, 0.4) is 0 Å². The highest BCUT2D eigenvalue weighted by molar-refractivity contribution is 6.13. The molecule has 0 aliphatic carbocycles. The van der Waals surface area contributed by atoms with Gasteiger partial charge in [0.2, 0.25) is 5.90 Å². The zero-order valence-corrected chi connectivity index (χ0v) is 14.6. The monoisotopic (exact) mass is 353 g/mol. The van der Waals surface area contributed by atoms with E-state index in [1.165, 1.54) is 12.1 Å². The fraction of sp³-hybridized carbons (Fsp3) is 0.238. The summed E-state index contributed by atoms with van der Waals surface area (Å²) in [6.45, 7) is 2.75. The van der Waals surface area contributed by atoms with Crippen molar-refractivity contribution in [3.05, 3.63) is 71.2 Å². The number of rotatable bonds is 7. The van der Waals surface area contributed by atoms with Crippen LogP contribution in [0.15, 0.2) is 59.2 Å². The van der Waals surface area contributed by atoms with Gasteiger partial charge >= 0.3 is 5.97 Å². The second-order valence-electron chi connectivity index (χ2n) is 5.91. The van der Waals surface area contributed by atoms with Crippen LogP contribution in [0.5, 0.6) is 5.75 Å². The van der Waals surface area contributed by atoms with E-state index in [9.17, 15) is 9.18 Å². The predicted molar refractivity (Wildman–Crippen MR) is 98.5 cm³/mol. The Morgan fingerprint density at radius 1 is 1.12 bits per heavy atom. The van der Waals surface area contributed by atoms with E-state index >= 15 is 0 Å². The number of unbranched alkanes of at least 4 members (excludes halogenated alkanes) is 2. The lowest BCUT2D eigenvalue weighted by atomic mass is 10.1. The summed E-state index contributed by atoms with van der Waals surface area (Å²) in [5.74, 6) is -0.442. The fourth-order valence-electron chi connectivity index (χ4n) is 2.57. The van der Waals surface area contributed by atoms with Crippen LogP contribution in [0, 0.1) is 5.82 Å². The molecule has 0 unspecified atom stereocenters. The minimum absolute atomic E-state index is 0.0271.